The van der Waals surface area contributed by atoms with E-state index in [4.69, 9.17) is 14.9 Å². The molecule has 4 aliphatic carbocycles. The lowest BCUT2D eigenvalue weighted by Crippen LogP contribution is -2.58. The third-order valence-electron chi connectivity index (χ3n) is 10.8. The van der Waals surface area contributed by atoms with Crippen molar-refractivity contribution in [3.8, 4) is 0 Å². The molecule has 0 aromatic rings. The molecule has 41 heavy (non-hydrogen) atoms. The first-order valence-corrected chi connectivity index (χ1v) is 14.6. The number of aliphatic hydroxyl groups is 1. The van der Waals surface area contributed by atoms with E-state index in [1.807, 2.05) is 13.0 Å². The quantitative estimate of drug-likeness (QED) is 0.267. The van der Waals surface area contributed by atoms with Crippen LogP contribution in [0, 0.1) is 28.6 Å². The van der Waals surface area contributed by atoms with E-state index >= 15 is 0 Å². The highest BCUT2D eigenvalue weighted by Gasteiger charge is 2.66. The number of esters is 1. The summed E-state index contributed by atoms with van der Waals surface area (Å²) in [5.74, 6) is -3.62. The normalized spacial score (nSPS) is 34.8. The summed E-state index contributed by atoms with van der Waals surface area (Å²) in [7, 11) is 0. The van der Waals surface area contributed by atoms with Crippen molar-refractivity contribution in [2.24, 2.45) is 28.6 Å². The Bertz CT molecular complexity index is 1160. The average Bonchev–Trinajstić information content (AvgIpc) is 3.20. The van der Waals surface area contributed by atoms with Crippen LogP contribution in [0.15, 0.2) is 11.6 Å². The van der Waals surface area contributed by atoms with Gasteiger partial charge in [0.1, 0.15) is 11.6 Å². The van der Waals surface area contributed by atoms with Gasteiger partial charge in [0.15, 0.2) is 12.4 Å². The zero-order chi connectivity index (χ0) is 30.2. The fraction of sp³-hybridized carbons (Fsp3) is 0.733. The summed E-state index contributed by atoms with van der Waals surface area (Å²) in [6.07, 6.45) is 6.04. The second kappa shape index (κ2) is 11.7. The lowest BCUT2D eigenvalue weighted by molar-refractivity contribution is -0.170. The highest BCUT2D eigenvalue weighted by atomic mass is 16.5. The van der Waals surface area contributed by atoms with Crippen LogP contribution in [0.3, 0.4) is 0 Å². The highest BCUT2D eigenvalue weighted by Crippen LogP contribution is 2.67. The fourth-order valence-corrected chi connectivity index (χ4v) is 8.38. The standard InChI is InChI=1S/C30H41NO10/c1-28-12-9-18(32)15-17(28)3-4-19-20(28)10-13-29(2)21(19)11-14-30(29,40)23(33)16-41-26(37)8-6-24(34)31-22(27(38)39)5-7-25(35)36/h15,19-22,40H,3-14,16H2,1-2H3,(H,31,34)(H,35,36)(H,38,39)/t19-,20+,21+,22+,28-,29-,30-/m0/s1. The molecule has 0 aliphatic heterocycles. The number of carbonyl (C=O) groups excluding carboxylic acids is 4. The Labute approximate surface area is 239 Å². The molecule has 11 heteroatoms. The second-order valence-corrected chi connectivity index (χ2v) is 12.8. The molecule has 0 radical (unpaired) electrons. The molecule has 0 aromatic heterocycles. The molecule has 3 fully saturated rings. The number of ether oxygens (including phenoxy) is 1. The Hall–Kier alpha value is -3.08. The summed E-state index contributed by atoms with van der Waals surface area (Å²) in [4.78, 5) is 71.7. The molecule has 226 valence electrons. The Morgan fingerprint density at radius 3 is 2.37 bits per heavy atom. The Balaban J connectivity index is 1.31. The summed E-state index contributed by atoms with van der Waals surface area (Å²) in [5, 5.41) is 31.8. The van der Waals surface area contributed by atoms with Crippen LogP contribution in [0.25, 0.3) is 0 Å². The van der Waals surface area contributed by atoms with E-state index in [0.29, 0.717) is 37.5 Å². The predicted octanol–water partition coefficient (Wildman–Crippen LogP) is 2.58. The van der Waals surface area contributed by atoms with Crippen LogP contribution in [0.2, 0.25) is 0 Å². The van der Waals surface area contributed by atoms with Crippen molar-refractivity contribution in [3.63, 3.8) is 0 Å². The zero-order valence-electron chi connectivity index (χ0n) is 23.8. The van der Waals surface area contributed by atoms with Crippen LogP contribution in [-0.4, -0.2) is 69.0 Å². The number of hydrogen-bond donors (Lipinski definition) is 4. The van der Waals surface area contributed by atoms with Gasteiger partial charge in [0.05, 0.1) is 6.42 Å². The van der Waals surface area contributed by atoms with Crippen molar-refractivity contribution in [1.29, 1.82) is 0 Å². The summed E-state index contributed by atoms with van der Waals surface area (Å²) in [6.45, 7) is 3.64. The van der Waals surface area contributed by atoms with Gasteiger partial charge in [0.2, 0.25) is 11.7 Å². The molecule has 0 unspecified atom stereocenters. The van der Waals surface area contributed by atoms with Gasteiger partial charge in [-0.05, 0) is 80.6 Å². The van der Waals surface area contributed by atoms with Crippen molar-refractivity contribution < 1.29 is 48.8 Å². The van der Waals surface area contributed by atoms with Crippen LogP contribution < -0.4 is 5.32 Å². The topological polar surface area (TPSA) is 184 Å². The minimum atomic E-state index is -1.63. The van der Waals surface area contributed by atoms with Gasteiger partial charge in [-0.1, -0.05) is 19.4 Å². The summed E-state index contributed by atoms with van der Waals surface area (Å²) >= 11 is 0. The van der Waals surface area contributed by atoms with Gasteiger partial charge in [-0.3, -0.25) is 24.0 Å². The molecule has 4 rings (SSSR count). The molecule has 0 saturated heterocycles. The number of ketones is 2. The van der Waals surface area contributed by atoms with Crippen molar-refractivity contribution >= 4 is 35.4 Å². The number of Topliss-reactive ketones (excluding diaryl/α,β-unsaturated/α-hetero) is 1. The second-order valence-electron chi connectivity index (χ2n) is 12.8. The van der Waals surface area contributed by atoms with Gasteiger partial charge in [0.25, 0.3) is 0 Å². The van der Waals surface area contributed by atoms with Gasteiger partial charge in [0, 0.05) is 24.7 Å². The maximum Gasteiger partial charge on any atom is 0.326 e. The number of allylic oxidation sites excluding steroid dienone is 1. The molecule has 0 bridgehead atoms. The van der Waals surface area contributed by atoms with Crippen molar-refractivity contribution in [2.75, 3.05) is 6.61 Å². The Morgan fingerprint density at radius 1 is 0.976 bits per heavy atom. The molecule has 3 saturated carbocycles. The van der Waals surface area contributed by atoms with E-state index in [0.717, 1.165) is 25.7 Å². The Morgan fingerprint density at radius 2 is 1.68 bits per heavy atom. The predicted molar refractivity (Wildman–Crippen MR) is 143 cm³/mol. The third-order valence-corrected chi connectivity index (χ3v) is 10.8. The van der Waals surface area contributed by atoms with Crippen LogP contribution >= 0.6 is 0 Å². The smallest absolute Gasteiger partial charge is 0.326 e. The minimum Gasteiger partial charge on any atom is -0.481 e. The largest absolute Gasteiger partial charge is 0.481 e. The molecule has 4 aliphatic rings. The molecule has 7 atom stereocenters. The summed E-state index contributed by atoms with van der Waals surface area (Å²) in [5.41, 5.74) is -1.05. The van der Waals surface area contributed by atoms with Crippen molar-refractivity contribution in [3.05, 3.63) is 11.6 Å². The van der Waals surface area contributed by atoms with E-state index in [9.17, 15) is 33.9 Å². The molecular formula is C30H41NO10. The monoisotopic (exact) mass is 575 g/mol. The third kappa shape index (κ3) is 5.82. The first-order valence-electron chi connectivity index (χ1n) is 14.6. The number of amides is 1. The fourth-order valence-electron chi connectivity index (χ4n) is 8.38. The zero-order valence-corrected chi connectivity index (χ0v) is 23.8. The van der Waals surface area contributed by atoms with Crippen LogP contribution in [-0.2, 0) is 33.5 Å². The van der Waals surface area contributed by atoms with Gasteiger partial charge >= 0.3 is 17.9 Å². The maximum atomic E-state index is 13.3. The first-order chi connectivity index (χ1) is 19.2. The number of carboxylic acid groups (broad SMARTS) is 2. The number of rotatable bonds is 11. The van der Waals surface area contributed by atoms with E-state index in [1.54, 1.807) is 0 Å². The van der Waals surface area contributed by atoms with E-state index in [-0.39, 0.29) is 23.5 Å². The number of carboxylic acids is 2. The number of aliphatic carboxylic acids is 2. The molecule has 0 spiro atoms. The molecule has 0 aromatic carbocycles. The van der Waals surface area contributed by atoms with E-state index in [1.165, 1.54) is 5.57 Å². The van der Waals surface area contributed by atoms with Gasteiger partial charge in [-0.2, -0.15) is 0 Å². The first kappa shape index (κ1) is 30.9. The van der Waals surface area contributed by atoms with Crippen molar-refractivity contribution in [2.45, 2.75) is 103 Å². The lowest BCUT2D eigenvalue weighted by atomic mass is 9.46. The highest BCUT2D eigenvalue weighted by molar-refractivity contribution is 5.92. The minimum absolute atomic E-state index is 0.0224. The number of carbonyl (C=O) groups is 6. The molecule has 1 amide bonds. The molecule has 11 nitrogen and oxygen atoms in total. The summed E-state index contributed by atoms with van der Waals surface area (Å²) in [6, 6.07) is -1.40. The van der Waals surface area contributed by atoms with E-state index in [2.05, 4.69) is 12.2 Å². The lowest BCUT2D eigenvalue weighted by Gasteiger charge is -2.58. The average molecular weight is 576 g/mol. The molecule has 4 N–H and O–H groups in total. The van der Waals surface area contributed by atoms with Crippen LogP contribution in [0.4, 0.5) is 0 Å². The van der Waals surface area contributed by atoms with E-state index < -0.39 is 72.5 Å². The number of hydrogen-bond acceptors (Lipinski definition) is 8. The molecular weight excluding hydrogens is 534 g/mol. The molecule has 0 heterocycles. The Kier molecular flexibility index (Phi) is 8.78. The van der Waals surface area contributed by atoms with Crippen LogP contribution in [0.5, 0.6) is 0 Å². The van der Waals surface area contributed by atoms with Gasteiger partial charge in [-0.25, -0.2) is 4.79 Å². The SMILES string of the molecule is C[C@]12CCC(=O)C=C1CC[C@H]1[C@H]2CC[C@@]2(C)[C@@H]1CC[C@]2(O)C(=O)COC(=O)CCC(=O)N[C@H](CCC(=O)O)C(=O)O. The summed E-state index contributed by atoms with van der Waals surface area (Å²) < 4.78 is 5.13. The van der Waals surface area contributed by atoms with Crippen molar-refractivity contribution in [1.82, 2.24) is 5.32 Å². The van der Waals surface area contributed by atoms with Gasteiger partial charge in [-0.15, -0.1) is 0 Å². The van der Waals surface area contributed by atoms with Gasteiger partial charge < -0.3 is 25.4 Å². The van der Waals surface area contributed by atoms with Crippen LogP contribution in [0.1, 0.15) is 90.9 Å². The maximum absolute atomic E-state index is 13.3. The number of nitrogens with one attached hydrogen (secondary N) is 1. The number of fused-ring (bicyclic) bond motifs is 5.